The summed E-state index contributed by atoms with van der Waals surface area (Å²) >= 11 is 0. The molecule has 5 unspecified atom stereocenters. The number of carbonyl (C=O) groups is 4. The minimum atomic E-state index is -4.98. The maximum absolute atomic E-state index is 13.1. The number of aliphatic hydroxyl groups is 1. The molecule has 0 heterocycles. The molecule has 0 aliphatic rings. The van der Waals surface area contributed by atoms with Gasteiger partial charge in [-0.1, -0.05) is 266 Å². The van der Waals surface area contributed by atoms with Crippen molar-refractivity contribution in [1.29, 1.82) is 0 Å². The molecular formula is C77H134O17P2. The third-order valence-corrected chi connectivity index (χ3v) is 17.4. The van der Waals surface area contributed by atoms with Gasteiger partial charge in [-0.05, 0) is 116 Å². The van der Waals surface area contributed by atoms with Gasteiger partial charge in [-0.2, -0.15) is 0 Å². The zero-order chi connectivity index (χ0) is 70.4. The predicted octanol–water partition coefficient (Wildman–Crippen LogP) is 21.2. The quantitative estimate of drug-likeness (QED) is 0.0169. The molecule has 0 aromatic heterocycles. The van der Waals surface area contributed by atoms with Crippen LogP contribution in [0.15, 0.2) is 97.2 Å². The van der Waals surface area contributed by atoms with Crippen molar-refractivity contribution < 1.29 is 80.2 Å². The van der Waals surface area contributed by atoms with E-state index in [9.17, 15) is 43.2 Å². The Hall–Kier alpha value is -4.02. The van der Waals surface area contributed by atoms with Crippen LogP contribution in [-0.4, -0.2) is 96.7 Å². The molecule has 0 aliphatic carbocycles. The molecule has 0 bridgehead atoms. The van der Waals surface area contributed by atoms with Gasteiger partial charge in [0.1, 0.15) is 19.3 Å². The summed E-state index contributed by atoms with van der Waals surface area (Å²) in [6.45, 7) is 4.55. The van der Waals surface area contributed by atoms with E-state index in [0.29, 0.717) is 25.7 Å². The summed E-state index contributed by atoms with van der Waals surface area (Å²) in [5, 5.41) is 10.6. The molecular weight excluding hydrogens is 1260 g/mol. The van der Waals surface area contributed by atoms with Gasteiger partial charge in [-0.25, -0.2) is 9.13 Å². The summed E-state index contributed by atoms with van der Waals surface area (Å²) in [6.07, 6.45) is 71.3. The zero-order valence-corrected chi connectivity index (χ0v) is 62.1. The van der Waals surface area contributed by atoms with Crippen LogP contribution in [0.5, 0.6) is 0 Å². The Labute approximate surface area is 582 Å². The Morgan fingerprint density at radius 3 is 0.896 bits per heavy atom. The van der Waals surface area contributed by atoms with E-state index in [1.54, 1.807) is 0 Å². The summed E-state index contributed by atoms with van der Waals surface area (Å²) in [5.74, 6) is -2.24. The number of ether oxygens (including phenoxy) is 4. The number of rotatable bonds is 70. The molecule has 17 nitrogen and oxygen atoms in total. The first-order valence-corrected chi connectivity index (χ1v) is 40.5. The van der Waals surface area contributed by atoms with Crippen molar-refractivity contribution in [3.05, 3.63) is 97.2 Å². The van der Waals surface area contributed by atoms with E-state index in [-0.39, 0.29) is 25.7 Å². The largest absolute Gasteiger partial charge is 0.472 e. The third-order valence-electron chi connectivity index (χ3n) is 15.5. The molecule has 0 aliphatic heterocycles. The maximum Gasteiger partial charge on any atom is 0.472 e. The Balaban J connectivity index is 5.36. The number of hydrogen-bond donors (Lipinski definition) is 3. The second kappa shape index (κ2) is 69.5. The molecule has 0 spiro atoms. The van der Waals surface area contributed by atoms with Gasteiger partial charge >= 0.3 is 39.5 Å². The minimum Gasteiger partial charge on any atom is -0.462 e. The Morgan fingerprint density at radius 2 is 0.552 bits per heavy atom. The van der Waals surface area contributed by atoms with Crippen molar-refractivity contribution >= 4 is 39.5 Å². The van der Waals surface area contributed by atoms with Gasteiger partial charge in [-0.15, -0.1) is 0 Å². The third kappa shape index (κ3) is 68.5. The number of allylic oxidation sites excluding steroid dienone is 16. The molecule has 0 fully saturated rings. The summed E-state index contributed by atoms with van der Waals surface area (Å²) < 4.78 is 68.3. The van der Waals surface area contributed by atoms with Crippen LogP contribution >= 0.6 is 15.6 Å². The fourth-order valence-electron chi connectivity index (χ4n) is 9.85. The molecule has 0 aromatic rings. The lowest BCUT2D eigenvalue weighted by atomic mass is 10.0. The molecule has 0 saturated heterocycles. The van der Waals surface area contributed by atoms with Crippen LogP contribution in [0.4, 0.5) is 0 Å². The van der Waals surface area contributed by atoms with E-state index >= 15 is 0 Å². The highest BCUT2D eigenvalue weighted by atomic mass is 31.2. The normalized spacial score (nSPS) is 14.5. The van der Waals surface area contributed by atoms with Crippen LogP contribution in [0.1, 0.15) is 310 Å². The predicted molar refractivity (Wildman–Crippen MR) is 390 cm³/mol. The number of phosphoric acid groups is 2. The minimum absolute atomic E-state index is 0.0657. The maximum atomic E-state index is 13.1. The van der Waals surface area contributed by atoms with Gasteiger partial charge in [-0.3, -0.25) is 37.3 Å². The van der Waals surface area contributed by atoms with Gasteiger partial charge in [0.2, 0.25) is 0 Å². The molecule has 19 heteroatoms. The second-order valence-electron chi connectivity index (χ2n) is 24.8. The molecule has 554 valence electrons. The summed E-state index contributed by atoms with van der Waals surface area (Å²) in [5.41, 5.74) is 0. The highest BCUT2D eigenvalue weighted by molar-refractivity contribution is 7.47. The van der Waals surface area contributed by atoms with E-state index in [1.807, 2.05) is 0 Å². The molecule has 0 saturated carbocycles. The topological polar surface area (TPSA) is 237 Å². The molecule has 0 aromatic carbocycles. The van der Waals surface area contributed by atoms with Crippen LogP contribution in [0, 0.1) is 0 Å². The van der Waals surface area contributed by atoms with Gasteiger partial charge in [0.15, 0.2) is 12.2 Å². The summed E-state index contributed by atoms with van der Waals surface area (Å²) in [6, 6.07) is 0. The fraction of sp³-hybridized carbons (Fsp3) is 0.740. The lowest BCUT2D eigenvalue weighted by Gasteiger charge is -2.21. The lowest BCUT2D eigenvalue weighted by Crippen LogP contribution is -2.30. The number of unbranched alkanes of at least 4 members (excludes halogenated alkanes) is 28. The van der Waals surface area contributed by atoms with E-state index in [0.717, 1.165) is 148 Å². The van der Waals surface area contributed by atoms with Crippen molar-refractivity contribution in [3.63, 3.8) is 0 Å². The first-order valence-electron chi connectivity index (χ1n) is 37.5. The average molecular weight is 1390 g/mol. The molecule has 0 rings (SSSR count). The molecule has 0 radical (unpaired) electrons. The lowest BCUT2D eigenvalue weighted by molar-refractivity contribution is -0.161. The summed E-state index contributed by atoms with van der Waals surface area (Å²) in [7, 11) is -9.96. The SMILES string of the molecule is CC/C=C\C/C=C\C/C=C\C/C=C\CCCCC(=O)OCC(COP(=O)(O)OCC(O)COP(=O)(O)OCC(COC(=O)CCCCCCCCCCCCCCCCC)OC(=O)CCCCCCC/C=C\CCCC)OC(=O)CCCCCCC/C=C\C/C=C\C/C=C\CC. The van der Waals surface area contributed by atoms with Crippen LogP contribution in [0.25, 0.3) is 0 Å². The van der Waals surface area contributed by atoms with Crippen molar-refractivity contribution in [2.75, 3.05) is 39.6 Å². The summed E-state index contributed by atoms with van der Waals surface area (Å²) in [4.78, 5) is 72.7. The first kappa shape index (κ1) is 92.0. The number of hydrogen-bond acceptors (Lipinski definition) is 15. The molecule has 0 amide bonds. The van der Waals surface area contributed by atoms with Gasteiger partial charge in [0.05, 0.1) is 26.4 Å². The van der Waals surface area contributed by atoms with Crippen LogP contribution < -0.4 is 0 Å². The van der Waals surface area contributed by atoms with E-state index in [4.69, 9.17) is 37.0 Å². The Morgan fingerprint density at radius 1 is 0.302 bits per heavy atom. The van der Waals surface area contributed by atoms with Crippen molar-refractivity contribution in [2.24, 2.45) is 0 Å². The standard InChI is InChI=1S/C77H134O17P2/c1-5-9-13-17-21-25-29-32-35-38-42-45-49-53-57-61-74(79)87-67-72(93-76(81)63-59-55-51-47-41-28-24-20-16-12-8-4)69-91-95(83,84)89-65-71(78)66-90-96(85,86)92-70-73(94-77(82)64-60-56-52-48-44-40-37-34-31-27-23-19-15-11-7-3)68-88-75(80)62-58-54-50-46-43-39-36-33-30-26-22-18-14-10-6-2/h10-11,14-15,20,22-24,26-27,33-34,36-37,43,46,71-73,78H,5-9,12-13,16-19,21,25,28-32,35,38-42,44-45,47-70H2,1-4H3,(H,83,84)(H,85,86)/b14-10-,15-11-,24-20-,26-22-,27-23-,36-33-,37-34-,46-43-. The highest BCUT2D eigenvalue weighted by Gasteiger charge is 2.30. The van der Waals surface area contributed by atoms with Crippen molar-refractivity contribution in [3.8, 4) is 0 Å². The van der Waals surface area contributed by atoms with Gasteiger partial charge in [0.25, 0.3) is 0 Å². The van der Waals surface area contributed by atoms with Crippen molar-refractivity contribution in [1.82, 2.24) is 0 Å². The first-order chi connectivity index (χ1) is 46.7. The fourth-order valence-corrected chi connectivity index (χ4v) is 11.4. The van der Waals surface area contributed by atoms with E-state index in [2.05, 4.69) is 125 Å². The zero-order valence-electron chi connectivity index (χ0n) is 60.3. The van der Waals surface area contributed by atoms with Gasteiger partial charge in [0, 0.05) is 25.7 Å². The number of aliphatic hydroxyl groups excluding tert-OH is 1. The van der Waals surface area contributed by atoms with Crippen LogP contribution in [0.3, 0.4) is 0 Å². The van der Waals surface area contributed by atoms with Crippen LogP contribution in [0.2, 0.25) is 0 Å². The molecule has 5 atom stereocenters. The molecule has 96 heavy (non-hydrogen) atoms. The van der Waals surface area contributed by atoms with Gasteiger partial charge < -0.3 is 33.8 Å². The Kier molecular flexibility index (Phi) is 66.6. The van der Waals surface area contributed by atoms with E-state index in [1.165, 1.54) is 83.5 Å². The smallest absolute Gasteiger partial charge is 0.462 e. The second-order valence-corrected chi connectivity index (χ2v) is 27.7. The number of phosphoric ester groups is 2. The highest BCUT2D eigenvalue weighted by Crippen LogP contribution is 2.45. The number of carbonyl (C=O) groups excluding carboxylic acids is 4. The monoisotopic (exact) mass is 1390 g/mol. The average Bonchev–Trinajstić information content (AvgIpc) is 1.09. The Bertz CT molecular complexity index is 2200. The molecule has 3 N–H and O–H groups in total. The van der Waals surface area contributed by atoms with Crippen molar-refractivity contribution in [2.45, 2.75) is 329 Å². The van der Waals surface area contributed by atoms with Crippen LogP contribution in [-0.2, 0) is 65.4 Å². The number of esters is 4. The van der Waals surface area contributed by atoms with E-state index < -0.39 is 97.5 Å².